The van der Waals surface area contributed by atoms with E-state index in [4.69, 9.17) is 0 Å². The monoisotopic (exact) mass is 522 g/mol. The van der Waals surface area contributed by atoms with E-state index < -0.39 is 23.8 Å². The molecule has 0 heterocycles. The molecule has 0 aliphatic carbocycles. The first-order valence-electron chi connectivity index (χ1n) is 12.1. The fraction of sp³-hybridized carbons (Fsp3) is 0.0968. The summed E-state index contributed by atoms with van der Waals surface area (Å²) in [7, 11) is 0. The lowest BCUT2D eigenvalue weighted by Crippen LogP contribution is -2.16. The highest BCUT2D eigenvalue weighted by atomic mass is 16.4. The molecule has 8 nitrogen and oxygen atoms in total. The van der Waals surface area contributed by atoms with Gasteiger partial charge in [0, 0.05) is 11.4 Å². The molecule has 0 spiro atoms. The Bertz CT molecular complexity index is 1460. The quantitative estimate of drug-likeness (QED) is 0.231. The van der Waals surface area contributed by atoms with Crippen LogP contribution in [0, 0.1) is 13.8 Å². The van der Waals surface area contributed by atoms with Crippen molar-refractivity contribution in [3.05, 3.63) is 129 Å². The van der Waals surface area contributed by atoms with Gasteiger partial charge in [-0.3, -0.25) is 9.59 Å². The maximum Gasteiger partial charge on any atom is 0.336 e. The third kappa shape index (κ3) is 6.56. The zero-order valence-electron chi connectivity index (χ0n) is 21.3. The van der Waals surface area contributed by atoms with Crippen molar-refractivity contribution < 1.29 is 29.4 Å². The zero-order chi connectivity index (χ0) is 28.1. The second-order valence-corrected chi connectivity index (χ2v) is 9.19. The van der Waals surface area contributed by atoms with Crippen LogP contribution in [0.4, 0.5) is 11.4 Å². The normalized spacial score (nSPS) is 10.5. The average molecular weight is 523 g/mol. The lowest BCUT2D eigenvalue weighted by Gasteiger charge is -2.10. The van der Waals surface area contributed by atoms with Crippen molar-refractivity contribution >= 4 is 35.1 Å². The first-order valence-corrected chi connectivity index (χ1v) is 12.1. The number of carbonyl (C=O) groups excluding carboxylic acids is 2. The van der Waals surface area contributed by atoms with Crippen molar-refractivity contribution in [1.29, 1.82) is 0 Å². The van der Waals surface area contributed by atoms with Crippen LogP contribution in [0.1, 0.15) is 63.7 Å². The molecule has 0 saturated carbocycles. The standard InChI is InChI=1S/C31H26N2O6/c1-18-3-13-24(26(15-18)30(36)37)28(34)32-22-9-5-20(6-10-22)17-21-7-11-23(12-8-21)33-29(35)25-14-4-19(2)16-27(25)31(38)39/h3-16H,17H2,1-2H3,(H,32,34)(H,33,35)(H,36,37)(H,38,39). The van der Waals surface area contributed by atoms with E-state index in [2.05, 4.69) is 10.6 Å². The van der Waals surface area contributed by atoms with Crippen LogP contribution in [0.5, 0.6) is 0 Å². The summed E-state index contributed by atoms with van der Waals surface area (Å²) in [6.07, 6.45) is 0.602. The van der Waals surface area contributed by atoms with Crippen LogP contribution >= 0.6 is 0 Å². The van der Waals surface area contributed by atoms with Gasteiger partial charge in [-0.2, -0.15) is 0 Å². The van der Waals surface area contributed by atoms with Crippen LogP contribution in [0.25, 0.3) is 0 Å². The fourth-order valence-electron chi connectivity index (χ4n) is 4.11. The zero-order valence-corrected chi connectivity index (χ0v) is 21.3. The molecular weight excluding hydrogens is 496 g/mol. The summed E-state index contributed by atoms with van der Waals surface area (Å²) in [4.78, 5) is 48.3. The number of rotatable bonds is 8. The van der Waals surface area contributed by atoms with Crippen molar-refractivity contribution in [1.82, 2.24) is 0 Å². The highest BCUT2D eigenvalue weighted by Crippen LogP contribution is 2.20. The van der Waals surface area contributed by atoms with E-state index in [0.29, 0.717) is 17.8 Å². The van der Waals surface area contributed by atoms with Crippen molar-refractivity contribution in [3.63, 3.8) is 0 Å². The second kappa shape index (κ2) is 11.4. The van der Waals surface area contributed by atoms with E-state index in [1.54, 1.807) is 50.2 Å². The molecule has 4 aromatic rings. The third-order valence-corrected chi connectivity index (χ3v) is 6.13. The molecule has 8 heteroatoms. The Hall–Kier alpha value is -5.24. The van der Waals surface area contributed by atoms with Crippen LogP contribution in [0.15, 0.2) is 84.9 Å². The molecule has 0 bridgehead atoms. The predicted octanol–water partition coefficient (Wildman–Crippen LogP) is 5.80. The molecule has 0 fully saturated rings. The fourth-order valence-corrected chi connectivity index (χ4v) is 4.11. The summed E-state index contributed by atoms with van der Waals surface area (Å²) in [5.41, 5.74) is 4.62. The minimum absolute atomic E-state index is 0.0510. The number of nitrogens with one attached hydrogen (secondary N) is 2. The SMILES string of the molecule is Cc1ccc(C(=O)Nc2ccc(Cc3ccc(NC(=O)c4ccc(C)cc4C(=O)O)cc3)cc2)c(C(=O)O)c1. The summed E-state index contributed by atoms with van der Waals surface area (Å²) in [6.45, 7) is 3.53. The number of carbonyl (C=O) groups is 4. The number of hydrogen-bond acceptors (Lipinski definition) is 4. The van der Waals surface area contributed by atoms with Gasteiger partial charge in [-0.25, -0.2) is 9.59 Å². The molecule has 4 rings (SSSR count). The number of anilines is 2. The molecule has 0 saturated heterocycles. The van der Waals surface area contributed by atoms with Crippen molar-refractivity contribution in [2.24, 2.45) is 0 Å². The van der Waals surface area contributed by atoms with Crippen molar-refractivity contribution in [3.8, 4) is 0 Å². The van der Waals surface area contributed by atoms with Gasteiger partial charge in [-0.1, -0.05) is 47.5 Å². The molecule has 0 aliphatic heterocycles. The lowest BCUT2D eigenvalue weighted by molar-refractivity contribution is 0.0683. The maximum atomic E-state index is 12.7. The van der Waals surface area contributed by atoms with E-state index in [-0.39, 0.29) is 22.3 Å². The minimum Gasteiger partial charge on any atom is -0.478 e. The second-order valence-electron chi connectivity index (χ2n) is 9.19. The van der Waals surface area contributed by atoms with Crippen LogP contribution < -0.4 is 10.6 Å². The number of benzene rings is 4. The third-order valence-electron chi connectivity index (χ3n) is 6.13. The smallest absolute Gasteiger partial charge is 0.336 e. The van der Waals surface area contributed by atoms with Crippen LogP contribution in [-0.2, 0) is 6.42 Å². The van der Waals surface area contributed by atoms with Crippen molar-refractivity contribution in [2.75, 3.05) is 10.6 Å². The van der Waals surface area contributed by atoms with Gasteiger partial charge in [0.15, 0.2) is 0 Å². The number of aromatic carboxylic acids is 2. The molecule has 0 atom stereocenters. The number of carboxylic acids is 2. The molecule has 196 valence electrons. The lowest BCUT2D eigenvalue weighted by atomic mass is 10.0. The van der Waals surface area contributed by atoms with Crippen molar-refractivity contribution in [2.45, 2.75) is 20.3 Å². The van der Waals surface area contributed by atoms with E-state index in [1.807, 2.05) is 24.3 Å². The summed E-state index contributed by atoms with van der Waals surface area (Å²) in [6, 6.07) is 23.8. The molecule has 0 aliphatic rings. The maximum absolute atomic E-state index is 12.7. The van der Waals surface area contributed by atoms with Gasteiger partial charge in [-0.15, -0.1) is 0 Å². The van der Waals surface area contributed by atoms with Gasteiger partial charge in [0.25, 0.3) is 11.8 Å². The molecule has 2 amide bonds. The molecule has 0 radical (unpaired) electrons. The first kappa shape index (κ1) is 26.8. The Morgan fingerprint density at radius 1 is 0.538 bits per heavy atom. The number of carboxylic acid groups (broad SMARTS) is 2. The van der Waals surface area contributed by atoms with Crippen LogP contribution in [0.2, 0.25) is 0 Å². The van der Waals surface area contributed by atoms with Gasteiger partial charge in [-0.05, 0) is 79.9 Å². The number of amides is 2. The topological polar surface area (TPSA) is 133 Å². The van der Waals surface area contributed by atoms with Gasteiger partial charge in [0.1, 0.15) is 0 Å². The van der Waals surface area contributed by atoms with Gasteiger partial charge in [0.2, 0.25) is 0 Å². The minimum atomic E-state index is -1.16. The van der Waals surface area contributed by atoms with E-state index in [1.165, 1.54) is 24.3 Å². The summed E-state index contributed by atoms with van der Waals surface area (Å²) in [5.74, 6) is -3.33. The van der Waals surface area contributed by atoms with Gasteiger partial charge >= 0.3 is 11.9 Å². The largest absolute Gasteiger partial charge is 0.478 e. The van der Waals surface area contributed by atoms with Gasteiger partial charge in [0.05, 0.1) is 22.3 Å². The Kier molecular flexibility index (Phi) is 7.86. The predicted molar refractivity (Wildman–Crippen MR) is 148 cm³/mol. The summed E-state index contributed by atoms with van der Waals surface area (Å²) >= 11 is 0. The molecule has 0 unspecified atom stereocenters. The van der Waals surface area contributed by atoms with E-state index in [0.717, 1.165) is 22.3 Å². The highest BCUT2D eigenvalue weighted by Gasteiger charge is 2.18. The van der Waals surface area contributed by atoms with Crippen LogP contribution in [-0.4, -0.2) is 34.0 Å². The Labute approximate surface area is 224 Å². The van der Waals surface area contributed by atoms with E-state index in [9.17, 15) is 29.4 Å². The Balaban J connectivity index is 1.38. The number of hydrogen-bond donors (Lipinski definition) is 4. The number of aryl methyl sites for hydroxylation is 2. The Morgan fingerprint density at radius 3 is 1.23 bits per heavy atom. The van der Waals surface area contributed by atoms with Gasteiger partial charge < -0.3 is 20.8 Å². The Morgan fingerprint density at radius 2 is 0.897 bits per heavy atom. The summed E-state index contributed by atoms with van der Waals surface area (Å²) in [5, 5.41) is 24.3. The molecule has 39 heavy (non-hydrogen) atoms. The molecule has 4 N–H and O–H groups in total. The first-order chi connectivity index (χ1) is 18.6. The molecule has 4 aromatic carbocycles. The highest BCUT2D eigenvalue weighted by molar-refractivity contribution is 6.11. The molecule has 0 aromatic heterocycles. The molecular formula is C31H26N2O6. The average Bonchev–Trinajstić information content (AvgIpc) is 2.90. The van der Waals surface area contributed by atoms with Crippen LogP contribution in [0.3, 0.4) is 0 Å². The van der Waals surface area contributed by atoms with E-state index >= 15 is 0 Å². The summed E-state index contributed by atoms with van der Waals surface area (Å²) < 4.78 is 0.